The second-order valence-electron chi connectivity index (χ2n) is 6.01. The molecule has 1 aromatic carbocycles. The molecule has 1 aromatic rings. The van der Waals surface area contributed by atoms with Crippen LogP contribution < -0.4 is 10.5 Å². The van der Waals surface area contributed by atoms with Crippen LogP contribution in [0.15, 0.2) is 29.2 Å². The van der Waals surface area contributed by atoms with E-state index in [0.29, 0.717) is 18.7 Å². The third-order valence-corrected chi connectivity index (χ3v) is 5.70. The van der Waals surface area contributed by atoms with E-state index >= 15 is 0 Å². The Hall–Kier alpha value is -1.48. The monoisotopic (exact) mass is 355 g/mol. The van der Waals surface area contributed by atoms with E-state index in [4.69, 9.17) is 10.5 Å². The van der Waals surface area contributed by atoms with E-state index in [1.165, 1.54) is 24.3 Å². The number of likely N-dealkylation sites (N-methyl/N-ethyl adjacent to an activating group) is 1. The van der Waals surface area contributed by atoms with E-state index in [9.17, 15) is 13.2 Å². The van der Waals surface area contributed by atoms with Crippen molar-refractivity contribution in [2.75, 3.05) is 26.7 Å². The highest BCUT2D eigenvalue weighted by Crippen LogP contribution is 2.15. The number of sulfonamides is 1. The maximum Gasteiger partial charge on any atom is 0.253 e. The normalized spacial score (nSPS) is 19.2. The zero-order valence-electron chi connectivity index (χ0n) is 14.1. The zero-order valence-corrected chi connectivity index (χ0v) is 14.9. The van der Waals surface area contributed by atoms with Crippen molar-refractivity contribution in [1.82, 2.24) is 9.62 Å². The van der Waals surface area contributed by atoms with E-state index in [0.717, 1.165) is 12.8 Å². The van der Waals surface area contributed by atoms with Gasteiger partial charge < -0.3 is 15.4 Å². The number of hydrogen-bond acceptors (Lipinski definition) is 5. The Bertz CT molecular complexity index is 654. The Morgan fingerprint density at radius 1 is 1.42 bits per heavy atom. The van der Waals surface area contributed by atoms with Crippen molar-refractivity contribution in [1.29, 1.82) is 0 Å². The summed E-state index contributed by atoms with van der Waals surface area (Å²) < 4.78 is 32.5. The molecular formula is C16H25N3O4S. The van der Waals surface area contributed by atoms with Crippen molar-refractivity contribution in [3.63, 3.8) is 0 Å². The minimum Gasteiger partial charge on any atom is -0.377 e. The van der Waals surface area contributed by atoms with Crippen LogP contribution in [0.25, 0.3) is 0 Å². The van der Waals surface area contributed by atoms with Gasteiger partial charge >= 0.3 is 0 Å². The van der Waals surface area contributed by atoms with Crippen LogP contribution in [0.1, 0.15) is 30.1 Å². The number of nitrogens with zero attached hydrogens (tertiary/aromatic N) is 1. The van der Waals surface area contributed by atoms with Gasteiger partial charge in [0.25, 0.3) is 5.91 Å². The molecule has 2 atom stereocenters. The Labute approximate surface area is 143 Å². The van der Waals surface area contributed by atoms with Crippen molar-refractivity contribution in [2.24, 2.45) is 5.73 Å². The standard InChI is InChI=1S/C16H25N3O4S/c1-12(10-17)19(2)16(20)13-5-7-15(8-6-13)24(21,22)18-11-14-4-3-9-23-14/h5-8,12,14,18H,3-4,9-11,17H2,1-2H3. The van der Waals surface area contributed by atoms with Crippen LogP contribution >= 0.6 is 0 Å². The maximum atomic E-state index is 12.3. The molecule has 0 aliphatic carbocycles. The van der Waals surface area contributed by atoms with Gasteiger partial charge in [-0.15, -0.1) is 0 Å². The fraction of sp³-hybridized carbons (Fsp3) is 0.562. The van der Waals surface area contributed by atoms with Gasteiger partial charge in [0.05, 0.1) is 11.0 Å². The first-order chi connectivity index (χ1) is 11.3. The average Bonchev–Trinajstić information content (AvgIpc) is 3.12. The number of carbonyl (C=O) groups excluding carboxylic acids is 1. The molecule has 1 amide bonds. The van der Waals surface area contributed by atoms with Gasteiger partial charge in [0.15, 0.2) is 0 Å². The van der Waals surface area contributed by atoms with Crippen molar-refractivity contribution < 1.29 is 17.9 Å². The summed E-state index contributed by atoms with van der Waals surface area (Å²) in [6, 6.07) is 5.82. The Balaban J connectivity index is 2.03. The Morgan fingerprint density at radius 3 is 2.62 bits per heavy atom. The van der Waals surface area contributed by atoms with Crippen LogP contribution in [0, 0.1) is 0 Å². The van der Waals surface area contributed by atoms with Crippen LogP contribution in [0.2, 0.25) is 0 Å². The second kappa shape index (κ2) is 8.06. The van der Waals surface area contributed by atoms with Crippen LogP contribution in [-0.4, -0.2) is 58.1 Å². The number of hydrogen-bond donors (Lipinski definition) is 2. The lowest BCUT2D eigenvalue weighted by atomic mass is 10.2. The molecule has 1 aliphatic rings. The molecule has 3 N–H and O–H groups in total. The van der Waals surface area contributed by atoms with Crippen LogP contribution in [0.4, 0.5) is 0 Å². The largest absolute Gasteiger partial charge is 0.377 e. The predicted octanol–water partition coefficient (Wildman–Crippen LogP) is 0.563. The topological polar surface area (TPSA) is 102 Å². The summed E-state index contributed by atoms with van der Waals surface area (Å²) in [5.41, 5.74) is 5.99. The molecule has 0 saturated carbocycles. The van der Waals surface area contributed by atoms with Gasteiger partial charge in [-0.05, 0) is 44.0 Å². The summed E-state index contributed by atoms with van der Waals surface area (Å²) in [4.78, 5) is 14.0. The van der Waals surface area contributed by atoms with Crippen LogP contribution in [0.5, 0.6) is 0 Å². The molecule has 8 heteroatoms. The summed E-state index contributed by atoms with van der Waals surface area (Å²) in [6.45, 7) is 3.16. The maximum absolute atomic E-state index is 12.3. The van der Waals surface area contributed by atoms with Crippen molar-refractivity contribution >= 4 is 15.9 Å². The van der Waals surface area contributed by atoms with Crippen LogP contribution in [-0.2, 0) is 14.8 Å². The second-order valence-corrected chi connectivity index (χ2v) is 7.78. The number of nitrogens with two attached hydrogens (primary N) is 1. The minimum absolute atomic E-state index is 0.0629. The molecule has 0 bridgehead atoms. The number of carbonyl (C=O) groups is 1. The summed E-state index contributed by atoms with van der Waals surface area (Å²) >= 11 is 0. The molecule has 1 fully saturated rings. The first-order valence-electron chi connectivity index (χ1n) is 8.03. The van der Waals surface area contributed by atoms with Gasteiger partial charge in [-0.3, -0.25) is 4.79 Å². The summed E-state index contributed by atoms with van der Waals surface area (Å²) in [5.74, 6) is -0.191. The van der Waals surface area contributed by atoms with Crippen molar-refractivity contribution in [3.8, 4) is 0 Å². The van der Waals surface area contributed by atoms with E-state index in [-0.39, 0.29) is 29.5 Å². The summed E-state index contributed by atoms with van der Waals surface area (Å²) in [7, 11) is -1.93. The molecule has 0 spiro atoms. The summed E-state index contributed by atoms with van der Waals surface area (Å²) in [6.07, 6.45) is 1.76. The fourth-order valence-corrected chi connectivity index (χ4v) is 3.50. The number of benzene rings is 1. The van der Waals surface area contributed by atoms with Gasteiger partial charge in [0.2, 0.25) is 10.0 Å². The highest BCUT2D eigenvalue weighted by Gasteiger charge is 2.21. The fourth-order valence-electron chi connectivity index (χ4n) is 2.43. The van der Waals surface area contributed by atoms with Gasteiger partial charge in [0.1, 0.15) is 0 Å². The number of nitrogens with one attached hydrogen (secondary N) is 1. The lowest BCUT2D eigenvalue weighted by Crippen LogP contribution is -2.39. The molecule has 1 aliphatic heterocycles. The number of rotatable bonds is 7. The molecule has 0 radical (unpaired) electrons. The van der Waals surface area contributed by atoms with Crippen molar-refractivity contribution in [2.45, 2.75) is 36.8 Å². The molecule has 7 nitrogen and oxygen atoms in total. The molecular weight excluding hydrogens is 330 g/mol. The lowest BCUT2D eigenvalue weighted by molar-refractivity contribution is 0.0748. The first kappa shape index (κ1) is 18.9. The quantitative estimate of drug-likeness (QED) is 0.744. The minimum atomic E-state index is -3.61. The van der Waals surface area contributed by atoms with Crippen molar-refractivity contribution in [3.05, 3.63) is 29.8 Å². The Kier molecular flexibility index (Phi) is 6.34. The van der Waals surface area contributed by atoms with E-state index in [1.54, 1.807) is 11.9 Å². The molecule has 134 valence electrons. The molecule has 2 unspecified atom stereocenters. The third-order valence-electron chi connectivity index (χ3n) is 4.26. The van der Waals surface area contributed by atoms with Crippen LogP contribution in [0.3, 0.4) is 0 Å². The van der Waals surface area contributed by atoms with Gasteiger partial charge in [-0.2, -0.15) is 0 Å². The van der Waals surface area contributed by atoms with E-state index < -0.39 is 10.0 Å². The summed E-state index contributed by atoms with van der Waals surface area (Å²) in [5, 5.41) is 0. The van der Waals surface area contributed by atoms with Gasteiger partial charge in [0, 0.05) is 38.3 Å². The first-order valence-corrected chi connectivity index (χ1v) is 9.52. The average molecular weight is 355 g/mol. The van der Waals surface area contributed by atoms with E-state index in [1.807, 2.05) is 6.92 Å². The molecule has 2 rings (SSSR count). The highest BCUT2D eigenvalue weighted by atomic mass is 32.2. The zero-order chi connectivity index (χ0) is 17.7. The Morgan fingerprint density at radius 2 is 2.08 bits per heavy atom. The van der Waals surface area contributed by atoms with E-state index in [2.05, 4.69) is 4.72 Å². The van der Waals surface area contributed by atoms with Gasteiger partial charge in [-0.25, -0.2) is 13.1 Å². The SMILES string of the molecule is CC(CN)N(C)C(=O)c1ccc(S(=O)(=O)NCC2CCCO2)cc1. The number of amides is 1. The third kappa shape index (κ3) is 4.54. The molecule has 1 heterocycles. The molecule has 0 aromatic heterocycles. The lowest BCUT2D eigenvalue weighted by Gasteiger charge is -2.23. The number of ether oxygens (including phenoxy) is 1. The molecule has 24 heavy (non-hydrogen) atoms. The molecule has 1 saturated heterocycles. The highest BCUT2D eigenvalue weighted by molar-refractivity contribution is 7.89. The smallest absolute Gasteiger partial charge is 0.253 e. The van der Waals surface area contributed by atoms with Gasteiger partial charge in [-0.1, -0.05) is 0 Å². The predicted molar refractivity (Wildman–Crippen MR) is 91.2 cm³/mol.